The van der Waals surface area contributed by atoms with Gasteiger partial charge in [-0.15, -0.1) is 0 Å². The van der Waals surface area contributed by atoms with E-state index < -0.39 is 119 Å². The number of Topliss-reactive ketones (excluding diaryl/α,β-unsaturated/α-hetero) is 1. The van der Waals surface area contributed by atoms with Gasteiger partial charge in [0.1, 0.15) is 41.7 Å². The number of carbonyl (C=O) groups is 6. The number of hydrogen-bond acceptors (Lipinski definition) is 16. The number of rotatable bonds is 10. The lowest BCUT2D eigenvalue weighted by Crippen LogP contribution is -2.81. The first-order chi connectivity index (χ1) is 29.4. The van der Waals surface area contributed by atoms with Gasteiger partial charge in [0.15, 0.2) is 11.4 Å². The quantitative estimate of drug-likeness (QED) is 0.147. The van der Waals surface area contributed by atoms with Crippen LogP contribution in [-0.4, -0.2) is 118 Å². The predicted octanol–water partition coefficient (Wildman–Crippen LogP) is 4.44. The molecule has 63 heavy (non-hydrogen) atoms. The molecule has 1 unspecified atom stereocenters. The van der Waals surface area contributed by atoms with E-state index >= 15 is 4.79 Å². The van der Waals surface area contributed by atoms with E-state index in [9.17, 15) is 39.3 Å². The molecule has 2 aromatic rings. The molecule has 1 amide bonds. The van der Waals surface area contributed by atoms with Crippen molar-refractivity contribution < 1.29 is 77.2 Å². The number of esters is 3. The van der Waals surface area contributed by atoms with E-state index in [0.29, 0.717) is 0 Å². The van der Waals surface area contributed by atoms with E-state index in [0.717, 1.165) is 6.92 Å². The molecule has 0 radical (unpaired) electrons. The summed E-state index contributed by atoms with van der Waals surface area (Å²) in [5.41, 5.74) is -8.54. The van der Waals surface area contributed by atoms with Gasteiger partial charge >= 0.3 is 30.2 Å². The van der Waals surface area contributed by atoms with Crippen LogP contribution in [0.25, 0.3) is 0 Å². The van der Waals surface area contributed by atoms with Crippen molar-refractivity contribution in [2.24, 2.45) is 16.7 Å². The predicted molar refractivity (Wildman–Crippen MR) is 219 cm³/mol. The average molecular weight is 880 g/mol. The molecule has 2 aromatic carbocycles. The number of amides is 1. The highest BCUT2D eigenvalue weighted by Gasteiger charge is 2.78. The van der Waals surface area contributed by atoms with Crippen LogP contribution in [0.2, 0.25) is 0 Å². The van der Waals surface area contributed by atoms with Crippen LogP contribution >= 0.6 is 0 Å². The fraction of sp³-hybridized carbons (Fsp3) is 0.565. The summed E-state index contributed by atoms with van der Waals surface area (Å²) in [5, 5.41) is 40.5. The summed E-state index contributed by atoms with van der Waals surface area (Å²) < 4.78 is 40.5. The molecule has 0 aromatic heterocycles. The smallest absolute Gasteiger partial charge is 0.455 e. The normalized spacial score (nSPS) is 31.8. The van der Waals surface area contributed by atoms with Gasteiger partial charge in [-0.2, -0.15) is 0 Å². The van der Waals surface area contributed by atoms with Gasteiger partial charge < -0.3 is 53.8 Å². The number of carbonyl (C=O) groups excluding carboxylic acids is 6. The number of nitrogens with one attached hydrogen (secondary N) is 1. The highest BCUT2D eigenvalue weighted by atomic mass is 16.7. The summed E-state index contributed by atoms with van der Waals surface area (Å²) >= 11 is 0. The average Bonchev–Trinajstić information content (AvgIpc) is 3.20. The number of alkyl carbamates (subject to hydrolysis) is 1. The number of aliphatic hydroxyl groups excluding tert-OH is 2. The lowest BCUT2D eigenvalue weighted by molar-refractivity contribution is -0.346. The molecule has 2 bridgehead atoms. The largest absolute Gasteiger partial charge is 0.509 e. The summed E-state index contributed by atoms with van der Waals surface area (Å²) in [6.07, 6.45) is -13.1. The van der Waals surface area contributed by atoms with Crippen LogP contribution < -0.4 is 5.32 Å². The van der Waals surface area contributed by atoms with Crippen molar-refractivity contribution in [3.8, 4) is 0 Å². The summed E-state index contributed by atoms with van der Waals surface area (Å²) in [6.45, 7) is 13.0. The standard InChI is InChI=1S/C46H57NO16/c1-10-57-41(55)60-34(32(26-17-13-11-14-18-26)47-40(54)63-42(4,5)6)39(53)59-28-22-46(56)37(61-38(52)27-19-15-12-16-20-27)35-44(9,36(51)33(50)31(24(28)2)43(46,7)8)29(49)21-30-45(35,23-58-30)62-25(3)48/h11-20,28-30,32-35,37,49-50,56H,10,21-23H2,1-9H3,(H,47,54)/t28-,29-,30?,32-,33+,34+,35-,37-,44+,45-,46+/m0/s1. The first-order valence-electron chi connectivity index (χ1n) is 20.9. The lowest BCUT2D eigenvalue weighted by atomic mass is 9.44. The molecule has 0 spiro atoms. The third-order valence-electron chi connectivity index (χ3n) is 13.0. The minimum atomic E-state index is -2.42. The second-order valence-corrected chi connectivity index (χ2v) is 18.4. The zero-order valence-corrected chi connectivity index (χ0v) is 36.9. The van der Waals surface area contributed by atoms with Crippen molar-refractivity contribution >= 4 is 35.9 Å². The van der Waals surface area contributed by atoms with Gasteiger partial charge in [-0.05, 0) is 70.4 Å². The summed E-state index contributed by atoms with van der Waals surface area (Å²) in [5.74, 6) is -5.49. The Kier molecular flexibility index (Phi) is 13.0. The Morgan fingerprint density at radius 1 is 0.952 bits per heavy atom. The van der Waals surface area contributed by atoms with Gasteiger partial charge in [-0.3, -0.25) is 9.59 Å². The highest BCUT2D eigenvalue weighted by molar-refractivity contribution is 5.94. The van der Waals surface area contributed by atoms with Gasteiger partial charge in [0, 0.05) is 25.2 Å². The number of fused-ring (bicyclic) bond motifs is 5. The fourth-order valence-corrected chi connectivity index (χ4v) is 9.92. The van der Waals surface area contributed by atoms with Crippen molar-refractivity contribution in [2.75, 3.05) is 13.2 Å². The molecule has 2 saturated carbocycles. The van der Waals surface area contributed by atoms with E-state index in [1.165, 1.54) is 46.8 Å². The molecule has 3 fully saturated rings. The van der Waals surface area contributed by atoms with E-state index in [1.807, 2.05) is 0 Å². The van der Waals surface area contributed by atoms with Gasteiger partial charge in [0.05, 0.1) is 36.2 Å². The van der Waals surface area contributed by atoms with Crippen LogP contribution in [0.5, 0.6) is 0 Å². The first-order valence-corrected chi connectivity index (χ1v) is 20.9. The monoisotopic (exact) mass is 879 g/mol. The van der Waals surface area contributed by atoms with E-state index in [1.54, 1.807) is 69.3 Å². The second kappa shape index (κ2) is 17.3. The van der Waals surface area contributed by atoms with E-state index in [4.69, 9.17) is 33.2 Å². The maximum absolute atomic E-state index is 15.1. The van der Waals surface area contributed by atoms with Crippen LogP contribution in [0.4, 0.5) is 9.59 Å². The molecule has 17 heteroatoms. The molecule has 4 N–H and O–H groups in total. The SMILES string of the molecule is CCOC(=O)O[C@@H](C(=O)O[C@H]1C[C@@]2(O)[C@@H](OC(=O)c3ccccc3)[C@H]3[C@](C)(C(=O)[C@H](O)C(=C1C)C2(C)C)[C@@H](O)CC1OC[C@]13OC(C)=O)[C@@H](NC(=O)OC(C)(C)C)c1ccccc1. The molecule has 1 aliphatic heterocycles. The van der Waals surface area contributed by atoms with Gasteiger partial charge in [0.25, 0.3) is 0 Å². The number of ether oxygens (including phenoxy) is 7. The Bertz CT molecular complexity index is 2130. The fourth-order valence-electron chi connectivity index (χ4n) is 9.92. The molecule has 11 atom stereocenters. The second-order valence-electron chi connectivity index (χ2n) is 18.4. The van der Waals surface area contributed by atoms with Crippen molar-refractivity contribution in [1.82, 2.24) is 5.32 Å². The third kappa shape index (κ3) is 8.43. The van der Waals surface area contributed by atoms with Crippen LogP contribution in [0.15, 0.2) is 71.8 Å². The van der Waals surface area contributed by atoms with E-state index in [2.05, 4.69) is 5.32 Å². The molecular weight excluding hydrogens is 822 g/mol. The van der Waals surface area contributed by atoms with Crippen molar-refractivity contribution in [2.45, 2.75) is 135 Å². The van der Waals surface area contributed by atoms with Crippen LogP contribution in [0.3, 0.4) is 0 Å². The van der Waals surface area contributed by atoms with Crippen molar-refractivity contribution in [3.63, 3.8) is 0 Å². The number of benzene rings is 2. The minimum Gasteiger partial charge on any atom is -0.455 e. The minimum absolute atomic E-state index is 0.0578. The molecule has 342 valence electrons. The molecule has 1 heterocycles. The molecule has 17 nitrogen and oxygen atoms in total. The van der Waals surface area contributed by atoms with Crippen LogP contribution in [0.1, 0.15) is 97.1 Å². The van der Waals surface area contributed by atoms with Crippen molar-refractivity contribution in [1.29, 1.82) is 0 Å². The Hall–Kier alpha value is -5.36. The Morgan fingerprint density at radius 3 is 2.13 bits per heavy atom. The lowest BCUT2D eigenvalue weighted by Gasteiger charge is -2.67. The maximum atomic E-state index is 15.1. The Balaban J connectivity index is 1.53. The van der Waals surface area contributed by atoms with Gasteiger partial charge in [0.2, 0.25) is 6.10 Å². The molecule has 4 aliphatic rings. The van der Waals surface area contributed by atoms with Crippen molar-refractivity contribution in [3.05, 3.63) is 82.9 Å². The zero-order chi connectivity index (χ0) is 46.4. The number of hydrogen-bond donors (Lipinski definition) is 4. The number of ketones is 1. The topological polar surface area (TPSA) is 240 Å². The summed E-state index contributed by atoms with van der Waals surface area (Å²) in [7, 11) is 0. The van der Waals surface area contributed by atoms with Crippen LogP contribution in [0, 0.1) is 16.7 Å². The molecule has 1 saturated heterocycles. The molecular formula is C46H57NO16. The maximum Gasteiger partial charge on any atom is 0.509 e. The van der Waals surface area contributed by atoms with Gasteiger partial charge in [-0.1, -0.05) is 62.4 Å². The Labute approximate surface area is 365 Å². The molecule has 6 rings (SSSR count). The zero-order valence-electron chi connectivity index (χ0n) is 36.9. The Morgan fingerprint density at radius 2 is 1.57 bits per heavy atom. The van der Waals surface area contributed by atoms with E-state index in [-0.39, 0.29) is 41.9 Å². The number of aliphatic hydroxyl groups is 3. The summed E-state index contributed by atoms with van der Waals surface area (Å²) in [6, 6.07) is 14.4. The highest BCUT2D eigenvalue weighted by Crippen LogP contribution is 2.64. The summed E-state index contributed by atoms with van der Waals surface area (Å²) in [4.78, 5) is 83.3. The van der Waals surface area contributed by atoms with Gasteiger partial charge in [-0.25, -0.2) is 19.2 Å². The first kappa shape index (κ1) is 47.1. The molecule has 3 aliphatic carbocycles. The third-order valence-corrected chi connectivity index (χ3v) is 13.0. The van der Waals surface area contributed by atoms with Crippen LogP contribution in [-0.2, 0) is 47.5 Å².